The van der Waals surface area contributed by atoms with E-state index in [-0.39, 0.29) is 23.6 Å². The van der Waals surface area contributed by atoms with Gasteiger partial charge in [-0.1, -0.05) is 49.2 Å². The van der Waals surface area contributed by atoms with Crippen molar-refractivity contribution in [2.24, 2.45) is 0 Å². The molecule has 164 valence electrons. The number of nitrogen functional groups attached to an aromatic ring is 1. The van der Waals surface area contributed by atoms with Gasteiger partial charge in [0.25, 0.3) is 5.56 Å². The van der Waals surface area contributed by atoms with Crippen LogP contribution in [-0.2, 0) is 6.54 Å². The Morgan fingerprint density at radius 3 is 2.70 bits per heavy atom. The molecule has 0 aliphatic carbocycles. The van der Waals surface area contributed by atoms with Gasteiger partial charge in [0.1, 0.15) is 23.7 Å². The van der Waals surface area contributed by atoms with E-state index in [0.717, 1.165) is 22.3 Å². The van der Waals surface area contributed by atoms with Crippen molar-refractivity contribution in [2.75, 3.05) is 11.1 Å². The summed E-state index contributed by atoms with van der Waals surface area (Å²) in [6.45, 7) is 4.17. The number of fused-ring (bicyclic) bond motifs is 1. The molecule has 0 saturated carbocycles. The number of aromatic nitrogens is 3. The highest BCUT2D eigenvalue weighted by Crippen LogP contribution is 2.22. The van der Waals surface area contributed by atoms with E-state index >= 15 is 0 Å². The number of rotatable bonds is 5. The van der Waals surface area contributed by atoms with Crippen LogP contribution in [0.4, 0.5) is 11.6 Å². The molecule has 4 N–H and O–H groups in total. The zero-order valence-corrected chi connectivity index (χ0v) is 18.5. The zero-order chi connectivity index (χ0) is 23.4. The van der Waals surface area contributed by atoms with Gasteiger partial charge in [0.05, 0.1) is 17.8 Å². The Balaban J connectivity index is 1.82. The molecular formula is C26H24N6O. The van der Waals surface area contributed by atoms with Gasteiger partial charge in [-0.15, -0.1) is 0 Å². The van der Waals surface area contributed by atoms with Crippen LogP contribution in [0.15, 0.2) is 65.7 Å². The van der Waals surface area contributed by atoms with Gasteiger partial charge in [-0.05, 0) is 42.0 Å². The SMILES string of the molecule is CCC#CC(=N)c1c(N)ncnc1NCc1cc2ccccc2c(=O)n1-c1ccccc1C. The monoisotopic (exact) mass is 436 g/mol. The van der Waals surface area contributed by atoms with Crippen LogP contribution in [0.5, 0.6) is 0 Å². The maximum Gasteiger partial charge on any atom is 0.263 e. The lowest BCUT2D eigenvalue weighted by Gasteiger charge is -2.18. The summed E-state index contributed by atoms with van der Waals surface area (Å²) in [6.07, 6.45) is 1.97. The largest absolute Gasteiger partial charge is 0.383 e. The predicted octanol–water partition coefficient (Wildman–Crippen LogP) is 4.06. The number of pyridine rings is 1. The van der Waals surface area contributed by atoms with E-state index in [1.807, 2.05) is 68.4 Å². The first kappa shape index (κ1) is 21.8. The lowest BCUT2D eigenvalue weighted by Crippen LogP contribution is -2.24. The summed E-state index contributed by atoms with van der Waals surface area (Å²) < 4.78 is 1.72. The molecule has 0 fully saturated rings. The molecule has 0 unspecified atom stereocenters. The summed E-state index contributed by atoms with van der Waals surface area (Å²) in [5.41, 5.74) is 8.90. The van der Waals surface area contributed by atoms with E-state index < -0.39 is 0 Å². The van der Waals surface area contributed by atoms with Crippen molar-refractivity contribution in [1.29, 1.82) is 5.41 Å². The Hall–Kier alpha value is -4.44. The Bertz CT molecular complexity index is 1480. The second-order valence-corrected chi connectivity index (χ2v) is 7.52. The van der Waals surface area contributed by atoms with Crippen LogP contribution >= 0.6 is 0 Å². The number of benzene rings is 2. The molecule has 0 radical (unpaired) electrons. The number of nitrogens with one attached hydrogen (secondary N) is 2. The molecule has 7 heteroatoms. The van der Waals surface area contributed by atoms with Gasteiger partial charge in [-0.3, -0.25) is 14.8 Å². The van der Waals surface area contributed by atoms with Crippen molar-refractivity contribution in [3.8, 4) is 17.5 Å². The zero-order valence-electron chi connectivity index (χ0n) is 18.5. The lowest BCUT2D eigenvalue weighted by molar-refractivity contribution is 0.884. The Labute approximate surface area is 191 Å². The van der Waals surface area contributed by atoms with Gasteiger partial charge < -0.3 is 11.1 Å². The minimum Gasteiger partial charge on any atom is -0.383 e. The molecule has 0 saturated heterocycles. The van der Waals surface area contributed by atoms with Gasteiger partial charge in [-0.2, -0.15) is 0 Å². The van der Waals surface area contributed by atoms with Crippen molar-refractivity contribution in [3.05, 3.63) is 88.1 Å². The van der Waals surface area contributed by atoms with Crippen molar-refractivity contribution in [1.82, 2.24) is 14.5 Å². The van der Waals surface area contributed by atoms with E-state index in [9.17, 15) is 4.79 Å². The van der Waals surface area contributed by atoms with E-state index in [2.05, 4.69) is 27.1 Å². The number of para-hydroxylation sites is 1. The van der Waals surface area contributed by atoms with Crippen molar-refractivity contribution < 1.29 is 0 Å². The molecule has 0 amide bonds. The van der Waals surface area contributed by atoms with E-state index in [1.54, 1.807) is 4.57 Å². The number of nitrogens with zero attached hydrogens (tertiary/aromatic N) is 3. The predicted molar refractivity (Wildman–Crippen MR) is 133 cm³/mol. The second kappa shape index (κ2) is 9.37. The minimum absolute atomic E-state index is 0.0484. The number of anilines is 2. The molecule has 33 heavy (non-hydrogen) atoms. The summed E-state index contributed by atoms with van der Waals surface area (Å²) in [4.78, 5) is 21.8. The summed E-state index contributed by atoms with van der Waals surface area (Å²) in [5.74, 6) is 6.24. The van der Waals surface area contributed by atoms with Crippen LogP contribution < -0.4 is 16.6 Å². The fourth-order valence-corrected chi connectivity index (χ4v) is 3.71. The molecule has 2 aromatic heterocycles. The molecule has 7 nitrogen and oxygen atoms in total. The third-order valence-corrected chi connectivity index (χ3v) is 5.31. The molecule has 0 bridgehead atoms. The maximum absolute atomic E-state index is 13.5. The molecule has 4 rings (SSSR count). The summed E-state index contributed by atoms with van der Waals surface area (Å²) in [6, 6.07) is 17.3. The molecule has 4 aromatic rings. The second-order valence-electron chi connectivity index (χ2n) is 7.52. The van der Waals surface area contributed by atoms with E-state index in [0.29, 0.717) is 23.2 Å². The van der Waals surface area contributed by atoms with Gasteiger partial charge in [0.2, 0.25) is 0 Å². The quantitative estimate of drug-likeness (QED) is 0.323. The first-order chi connectivity index (χ1) is 16.0. The number of hydrogen-bond acceptors (Lipinski definition) is 6. The fourth-order valence-electron chi connectivity index (χ4n) is 3.71. The Morgan fingerprint density at radius 2 is 1.91 bits per heavy atom. The highest BCUT2D eigenvalue weighted by Gasteiger charge is 2.16. The Morgan fingerprint density at radius 1 is 1.15 bits per heavy atom. The minimum atomic E-state index is -0.0943. The highest BCUT2D eigenvalue weighted by atomic mass is 16.1. The summed E-state index contributed by atoms with van der Waals surface area (Å²) >= 11 is 0. The van der Waals surface area contributed by atoms with Crippen LogP contribution in [0.3, 0.4) is 0 Å². The van der Waals surface area contributed by atoms with Crippen molar-refractivity contribution in [3.63, 3.8) is 0 Å². The van der Waals surface area contributed by atoms with Crippen LogP contribution in [0.25, 0.3) is 16.5 Å². The third kappa shape index (κ3) is 4.32. The molecule has 2 aromatic carbocycles. The van der Waals surface area contributed by atoms with Gasteiger partial charge in [-0.25, -0.2) is 9.97 Å². The average molecular weight is 437 g/mol. The first-order valence-corrected chi connectivity index (χ1v) is 10.6. The number of aryl methyl sites for hydroxylation is 1. The lowest BCUT2D eigenvalue weighted by atomic mass is 10.1. The maximum atomic E-state index is 13.5. The Kier molecular flexibility index (Phi) is 6.18. The van der Waals surface area contributed by atoms with E-state index in [1.165, 1.54) is 6.33 Å². The molecule has 2 heterocycles. The van der Waals surface area contributed by atoms with Gasteiger partial charge in [0, 0.05) is 17.5 Å². The smallest absolute Gasteiger partial charge is 0.263 e. The molecule has 0 spiro atoms. The summed E-state index contributed by atoms with van der Waals surface area (Å²) in [7, 11) is 0. The fraction of sp³-hybridized carbons (Fsp3) is 0.154. The van der Waals surface area contributed by atoms with Crippen LogP contribution in [0.2, 0.25) is 0 Å². The van der Waals surface area contributed by atoms with E-state index in [4.69, 9.17) is 11.1 Å². The van der Waals surface area contributed by atoms with Crippen LogP contribution in [0.1, 0.15) is 30.2 Å². The standard InChI is InChI=1S/C26H24N6O/c1-3-4-12-21(27)23-24(28)30-16-31-25(23)29-15-19-14-18-10-6-7-11-20(18)26(33)32(19)22-13-8-5-9-17(22)2/h5-11,13-14,16,27H,3,15H2,1-2H3,(H3,28,29,30,31). The molecule has 0 aliphatic heterocycles. The number of nitrogens with two attached hydrogens (primary N) is 1. The molecular weight excluding hydrogens is 412 g/mol. The first-order valence-electron chi connectivity index (χ1n) is 10.6. The number of hydrogen-bond donors (Lipinski definition) is 3. The van der Waals surface area contributed by atoms with Crippen LogP contribution in [-0.4, -0.2) is 20.2 Å². The average Bonchev–Trinajstić information content (AvgIpc) is 2.82. The van der Waals surface area contributed by atoms with Crippen LogP contribution in [0, 0.1) is 24.2 Å². The highest BCUT2D eigenvalue weighted by molar-refractivity contribution is 6.16. The normalized spacial score (nSPS) is 10.5. The van der Waals surface area contributed by atoms with Crippen molar-refractivity contribution >= 4 is 28.1 Å². The topological polar surface area (TPSA) is 110 Å². The van der Waals surface area contributed by atoms with Crippen molar-refractivity contribution in [2.45, 2.75) is 26.8 Å². The molecule has 0 atom stereocenters. The summed E-state index contributed by atoms with van der Waals surface area (Å²) in [5, 5.41) is 13.1. The van der Waals surface area contributed by atoms with Gasteiger partial charge in [0.15, 0.2) is 0 Å². The van der Waals surface area contributed by atoms with Gasteiger partial charge >= 0.3 is 0 Å². The molecule has 0 aliphatic rings. The third-order valence-electron chi connectivity index (χ3n) is 5.31.